The fourth-order valence-corrected chi connectivity index (χ4v) is 3.39. The molecule has 3 heterocycles. The highest BCUT2D eigenvalue weighted by Gasteiger charge is 2.24. The Morgan fingerprint density at radius 3 is 2.85 bits per heavy atom. The Morgan fingerprint density at radius 2 is 2.07 bits per heavy atom. The molecule has 0 radical (unpaired) electrons. The standard InChI is InChI=1S/C20H22N4O3/c1-14(18-8-10-26-21-18)23(2)20(25)19-11-17(27-22-19)13-24-9-7-15-5-3-4-6-16(15)12-24/h3-6,8,10-11,14H,7,9,12-13H2,1-2H3/t14-/m1/s1. The fourth-order valence-electron chi connectivity index (χ4n) is 3.39. The van der Waals surface area contributed by atoms with Crippen LogP contribution in [0, 0.1) is 0 Å². The monoisotopic (exact) mass is 366 g/mol. The van der Waals surface area contributed by atoms with E-state index in [0.29, 0.717) is 23.7 Å². The van der Waals surface area contributed by atoms with Crippen molar-refractivity contribution in [3.63, 3.8) is 0 Å². The molecule has 0 unspecified atom stereocenters. The SMILES string of the molecule is C[C@H](c1ccon1)N(C)C(=O)c1cc(CN2CCc3ccccc3C2)on1. The zero-order valence-electron chi connectivity index (χ0n) is 15.5. The largest absolute Gasteiger partial charge is 0.364 e. The number of fused-ring (bicyclic) bond motifs is 1. The number of rotatable bonds is 5. The molecule has 1 aromatic carbocycles. The van der Waals surface area contributed by atoms with Crippen molar-refractivity contribution >= 4 is 5.91 Å². The molecule has 1 aliphatic heterocycles. The Labute approximate surface area is 157 Å². The summed E-state index contributed by atoms with van der Waals surface area (Å²) in [7, 11) is 1.72. The Morgan fingerprint density at radius 1 is 1.26 bits per heavy atom. The van der Waals surface area contributed by atoms with E-state index in [9.17, 15) is 4.79 Å². The lowest BCUT2D eigenvalue weighted by molar-refractivity contribution is 0.0727. The number of hydrogen-bond donors (Lipinski definition) is 0. The van der Waals surface area contributed by atoms with E-state index in [0.717, 1.165) is 19.5 Å². The van der Waals surface area contributed by atoms with Crippen LogP contribution in [0.5, 0.6) is 0 Å². The minimum atomic E-state index is -0.213. The third-order valence-corrected chi connectivity index (χ3v) is 5.15. The minimum absolute atomic E-state index is 0.204. The van der Waals surface area contributed by atoms with Crippen molar-refractivity contribution in [2.45, 2.75) is 32.5 Å². The highest BCUT2D eigenvalue weighted by Crippen LogP contribution is 2.22. The predicted octanol–water partition coefficient (Wildman–Crippen LogP) is 3.05. The average molecular weight is 366 g/mol. The van der Waals surface area contributed by atoms with Crippen LogP contribution in [-0.4, -0.2) is 39.6 Å². The minimum Gasteiger partial charge on any atom is -0.364 e. The summed E-state index contributed by atoms with van der Waals surface area (Å²) in [6, 6.07) is 11.8. The van der Waals surface area contributed by atoms with Crippen molar-refractivity contribution in [1.29, 1.82) is 0 Å². The number of carbonyl (C=O) groups is 1. The summed E-state index contributed by atoms with van der Waals surface area (Å²) < 4.78 is 10.3. The van der Waals surface area contributed by atoms with E-state index >= 15 is 0 Å². The molecule has 2 aromatic heterocycles. The van der Waals surface area contributed by atoms with Gasteiger partial charge in [-0.3, -0.25) is 9.69 Å². The van der Waals surface area contributed by atoms with E-state index in [1.165, 1.54) is 17.4 Å². The molecule has 27 heavy (non-hydrogen) atoms. The molecule has 1 atom stereocenters. The Bertz CT molecular complexity index is 919. The molecule has 0 saturated heterocycles. The molecule has 0 spiro atoms. The summed E-state index contributed by atoms with van der Waals surface area (Å²) in [5.41, 5.74) is 3.76. The summed E-state index contributed by atoms with van der Waals surface area (Å²) >= 11 is 0. The van der Waals surface area contributed by atoms with Gasteiger partial charge >= 0.3 is 0 Å². The van der Waals surface area contributed by atoms with E-state index in [4.69, 9.17) is 9.05 Å². The molecule has 7 heteroatoms. The number of hydrogen-bond acceptors (Lipinski definition) is 6. The van der Waals surface area contributed by atoms with Gasteiger partial charge in [0, 0.05) is 32.3 Å². The van der Waals surface area contributed by atoms with Crippen LogP contribution in [0.3, 0.4) is 0 Å². The Balaban J connectivity index is 1.41. The van der Waals surface area contributed by atoms with Gasteiger partial charge in [-0.1, -0.05) is 34.6 Å². The first kappa shape index (κ1) is 17.5. The molecule has 0 N–H and O–H groups in total. The second-order valence-electron chi connectivity index (χ2n) is 6.92. The van der Waals surface area contributed by atoms with Gasteiger partial charge in [0.05, 0.1) is 12.6 Å². The highest BCUT2D eigenvalue weighted by molar-refractivity contribution is 5.92. The summed E-state index contributed by atoms with van der Waals surface area (Å²) in [5, 5.41) is 7.87. The van der Waals surface area contributed by atoms with Gasteiger partial charge in [-0.2, -0.15) is 0 Å². The summed E-state index contributed by atoms with van der Waals surface area (Å²) in [6.45, 7) is 4.37. The first-order chi connectivity index (χ1) is 13.1. The lowest BCUT2D eigenvalue weighted by Gasteiger charge is -2.27. The van der Waals surface area contributed by atoms with Crippen molar-refractivity contribution in [2.24, 2.45) is 0 Å². The van der Waals surface area contributed by atoms with Gasteiger partial charge in [-0.15, -0.1) is 0 Å². The molecule has 1 amide bonds. The second-order valence-corrected chi connectivity index (χ2v) is 6.92. The Hall–Kier alpha value is -2.93. The van der Waals surface area contributed by atoms with E-state index in [1.54, 1.807) is 24.1 Å². The van der Waals surface area contributed by atoms with Crippen molar-refractivity contribution in [2.75, 3.05) is 13.6 Å². The molecule has 7 nitrogen and oxygen atoms in total. The smallest absolute Gasteiger partial charge is 0.276 e. The molecule has 0 fully saturated rings. The van der Waals surface area contributed by atoms with Gasteiger partial charge in [0.2, 0.25) is 0 Å². The number of aromatic nitrogens is 2. The quantitative estimate of drug-likeness (QED) is 0.691. The maximum atomic E-state index is 12.7. The lowest BCUT2D eigenvalue weighted by atomic mass is 10.00. The predicted molar refractivity (Wildman–Crippen MR) is 97.8 cm³/mol. The fraction of sp³-hybridized carbons (Fsp3) is 0.350. The molecule has 0 bridgehead atoms. The van der Waals surface area contributed by atoms with Crippen LogP contribution in [0.4, 0.5) is 0 Å². The highest BCUT2D eigenvalue weighted by atomic mass is 16.5. The van der Waals surface area contributed by atoms with Gasteiger partial charge in [0.1, 0.15) is 12.0 Å². The molecular weight excluding hydrogens is 344 g/mol. The summed E-state index contributed by atoms with van der Waals surface area (Å²) in [4.78, 5) is 16.6. The third-order valence-electron chi connectivity index (χ3n) is 5.15. The van der Waals surface area contributed by atoms with Crippen LogP contribution in [0.2, 0.25) is 0 Å². The molecule has 0 saturated carbocycles. The first-order valence-electron chi connectivity index (χ1n) is 9.04. The van der Waals surface area contributed by atoms with Gasteiger partial charge < -0.3 is 13.9 Å². The van der Waals surface area contributed by atoms with Gasteiger partial charge in [0.25, 0.3) is 5.91 Å². The molecular formula is C20H22N4O3. The number of amides is 1. The number of benzene rings is 1. The van der Waals surface area contributed by atoms with Gasteiger partial charge in [-0.05, 0) is 24.5 Å². The first-order valence-corrected chi connectivity index (χ1v) is 9.04. The van der Waals surface area contributed by atoms with E-state index < -0.39 is 0 Å². The number of nitrogens with zero attached hydrogens (tertiary/aromatic N) is 4. The molecule has 3 aromatic rings. The molecule has 140 valence electrons. The summed E-state index contributed by atoms with van der Waals surface area (Å²) in [6.07, 6.45) is 2.52. The van der Waals surface area contributed by atoms with Gasteiger partial charge in [-0.25, -0.2) is 0 Å². The zero-order chi connectivity index (χ0) is 18.8. The van der Waals surface area contributed by atoms with Crippen LogP contribution in [0.1, 0.15) is 46.0 Å². The zero-order valence-corrected chi connectivity index (χ0v) is 15.5. The molecule has 0 aliphatic carbocycles. The molecule has 1 aliphatic rings. The van der Waals surface area contributed by atoms with Crippen LogP contribution in [0.15, 0.2) is 51.7 Å². The topological polar surface area (TPSA) is 75.6 Å². The van der Waals surface area contributed by atoms with Crippen LogP contribution >= 0.6 is 0 Å². The van der Waals surface area contributed by atoms with E-state index in [1.807, 2.05) is 6.92 Å². The van der Waals surface area contributed by atoms with Crippen LogP contribution < -0.4 is 0 Å². The van der Waals surface area contributed by atoms with Crippen molar-refractivity contribution in [3.05, 3.63) is 70.9 Å². The average Bonchev–Trinajstić information content (AvgIpc) is 3.38. The summed E-state index contributed by atoms with van der Waals surface area (Å²) in [5.74, 6) is 0.490. The van der Waals surface area contributed by atoms with Crippen molar-refractivity contribution in [3.8, 4) is 0 Å². The Kier molecular flexibility index (Phi) is 4.77. The van der Waals surface area contributed by atoms with Gasteiger partial charge in [0.15, 0.2) is 11.5 Å². The maximum absolute atomic E-state index is 12.7. The van der Waals surface area contributed by atoms with E-state index in [-0.39, 0.29) is 11.9 Å². The molecule has 4 rings (SSSR count). The van der Waals surface area contributed by atoms with Crippen molar-refractivity contribution < 1.29 is 13.8 Å². The number of carbonyl (C=O) groups excluding carboxylic acids is 1. The second kappa shape index (κ2) is 7.36. The maximum Gasteiger partial charge on any atom is 0.276 e. The normalized spacial score (nSPS) is 15.3. The van der Waals surface area contributed by atoms with E-state index in [2.05, 4.69) is 39.5 Å². The van der Waals surface area contributed by atoms with Crippen molar-refractivity contribution in [1.82, 2.24) is 20.1 Å². The van der Waals surface area contributed by atoms with Crippen LogP contribution in [0.25, 0.3) is 0 Å². The lowest BCUT2D eigenvalue weighted by Crippen LogP contribution is -2.30. The van der Waals surface area contributed by atoms with Crippen LogP contribution in [-0.2, 0) is 19.5 Å². The third kappa shape index (κ3) is 3.64.